The molecule has 0 N–H and O–H groups in total. The smallest absolute Gasteiger partial charge is 0.192 e. The summed E-state index contributed by atoms with van der Waals surface area (Å²) in [4.78, 5) is 0. The van der Waals surface area contributed by atoms with Crippen molar-refractivity contribution in [3.05, 3.63) is 380 Å². The Bertz CT molecular complexity index is 6670. The van der Waals surface area contributed by atoms with E-state index >= 15 is 0 Å². The van der Waals surface area contributed by atoms with Gasteiger partial charge in [0.2, 0.25) is 34.2 Å². The first-order chi connectivity index (χ1) is 56.2. The van der Waals surface area contributed by atoms with E-state index in [0.717, 1.165) is 25.7 Å². The van der Waals surface area contributed by atoms with Gasteiger partial charge in [-0.1, -0.05) is 145 Å². The molecule has 0 aliphatic heterocycles. The number of pyridine rings is 8. The molecule has 0 amide bonds. The number of aryl methyl sites for hydroxylation is 6. The van der Waals surface area contributed by atoms with Crippen LogP contribution in [0.3, 0.4) is 0 Å². The van der Waals surface area contributed by atoms with Crippen LogP contribution in [0.5, 0.6) is 0 Å². The highest BCUT2D eigenvalue weighted by molar-refractivity contribution is 5.79. The minimum atomic E-state index is 0.995. The predicted octanol–water partition coefficient (Wildman–Crippen LogP) is 19.4. The summed E-state index contributed by atoms with van der Waals surface area (Å²) in [5.74, 6) is 0. The highest BCUT2D eigenvalue weighted by atomic mass is 15.1. The van der Waals surface area contributed by atoms with Crippen molar-refractivity contribution in [2.45, 2.75) is 81.1 Å². The lowest BCUT2D eigenvalue weighted by atomic mass is 9.97. The molecular weight excluding hydrogens is 1410 g/mol. The molecule has 568 valence electrons. The molecule has 20 rings (SSSR count). The van der Waals surface area contributed by atoms with Gasteiger partial charge in [-0.15, -0.1) is 0 Å². The third-order valence-electron chi connectivity index (χ3n) is 25.5. The van der Waals surface area contributed by atoms with Crippen molar-refractivity contribution in [3.63, 3.8) is 0 Å². The molecule has 0 saturated heterocycles. The third kappa shape index (κ3) is 13.5. The van der Waals surface area contributed by atoms with Crippen LogP contribution in [0, 0.1) is 55.4 Å². The topological polar surface area (TPSA) is 31.0 Å². The van der Waals surface area contributed by atoms with Crippen LogP contribution < -0.4 is 36.5 Å². The zero-order valence-electron chi connectivity index (χ0n) is 70.1. The Balaban J connectivity index is 0.000000111. The van der Waals surface area contributed by atoms with Crippen molar-refractivity contribution >= 4 is 0 Å². The Morgan fingerprint density at radius 3 is 0.784 bits per heavy atom. The number of hydrogen-bond donors (Lipinski definition) is 0. The lowest BCUT2D eigenvalue weighted by molar-refractivity contribution is -0.689. The van der Waals surface area contributed by atoms with Crippen LogP contribution in [0.2, 0.25) is 0 Å². The van der Waals surface area contributed by atoms with Crippen molar-refractivity contribution in [1.29, 1.82) is 0 Å². The summed E-state index contributed by atoms with van der Waals surface area (Å²) < 4.78 is 18.8. The fraction of sp³-hybridized carbons (Fsp3) is 0.185. The molecule has 8 heterocycles. The molecule has 0 spiro atoms. The van der Waals surface area contributed by atoms with Crippen molar-refractivity contribution < 1.29 is 36.5 Å². The number of fused-ring (bicyclic) bond motifs is 12. The fourth-order valence-corrected chi connectivity index (χ4v) is 19.0. The summed E-state index contributed by atoms with van der Waals surface area (Å²) in [6.07, 6.45) is 4.04. The second-order valence-electron chi connectivity index (χ2n) is 32.5. The van der Waals surface area contributed by atoms with Gasteiger partial charge in [0.05, 0.1) is 12.8 Å². The lowest BCUT2D eigenvalue weighted by Crippen LogP contribution is -2.42. The van der Waals surface area contributed by atoms with E-state index in [9.17, 15) is 0 Å². The molecule has 0 saturated carbocycles. The van der Waals surface area contributed by atoms with Crippen LogP contribution in [0.1, 0.15) is 89.3 Å². The molecule has 0 fully saturated rings. The van der Waals surface area contributed by atoms with Crippen molar-refractivity contribution in [2.24, 2.45) is 56.4 Å². The first-order valence-corrected chi connectivity index (χ1v) is 40.9. The monoisotopic (exact) mass is 1510 g/mol. The van der Waals surface area contributed by atoms with E-state index in [4.69, 9.17) is 0 Å². The third-order valence-corrected chi connectivity index (χ3v) is 25.5. The van der Waals surface area contributed by atoms with Crippen LogP contribution in [-0.4, -0.2) is 0 Å². The SMILES string of the molecule is Cc1cc(C)c(C)c(-c2cccc(-c3ccc4c([n+]3C)-c3ccccc3C4)[n+]2C)c1.Cc1cc(C)c(C)c(-c2cccc(-c3ccc4c([n+]3C)Cc3ccccc3-4)[n+]2C)c1.Cc1ccccc1-c1cccc(-c2ccc3c([n+]2C)-c2ccccc2C3)[n+]1C.Cc1ccccc1-c1cccc(-c2ccc3c([n+]2C)Cc2ccccc2-3)[n+]1C. The van der Waals surface area contributed by atoms with E-state index in [2.05, 4.69) is 439 Å². The zero-order valence-corrected chi connectivity index (χ0v) is 70.1. The Kier molecular flexibility index (Phi) is 20.2. The van der Waals surface area contributed by atoms with Crippen LogP contribution in [0.4, 0.5) is 0 Å². The molecule has 8 aromatic carbocycles. The zero-order chi connectivity index (χ0) is 80.5. The second-order valence-corrected chi connectivity index (χ2v) is 32.5. The van der Waals surface area contributed by atoms with Crippen molar-refractivity contribution in [2.75, 3.05) is 0 Å². The average Bonchev–Trinajstić information content (AvgIpc) is 1.53. The normalized spacial score (nSPS) is 12.0. The maximum Gasteiger partial charge on any atom is 0.277 e. The van der Waals surface area contributed by atoms with Crippen LogP contribution in [0.15, 0.2) is 291 Å². The first kappa shape index (κ1) is 75.6. The summed E-state index contributed by atoms with van der Waals surface area (Å²) in [7, 11) is 17.5. The molecule has 8 nitrogen and oxygen atoms in total. The molecule has 0 bridgehead atoms. The van der Waals surface area contributed by atoms with E-state index in [1.807, 2.05) is 0 Å². The number of hydrogen-bond acceptors (Lipinski definition) is 0. The maximum atomic E-state index is 2.38. The Hall–Kier alpha value is -13.0. The summed E-state index contributed by atoms with van der Waals surface area (Å²) >= 11 is 0. The van der Waals surface area contributed by atoms with Crippen molar-refractivity contribution in [3.8, 4) is 135 Å². The minimum absolute atomic E-state index is 0.995. The molecule has 0 unspecified atom stereocenters. The minimum Gasteiger partial charge on any atom is -0.192 e. The van der Waals surface area contributed by atoms with E-state index in [-0.39, 0.29) is 0 Å². The van der Waals surface area contributed by atoms with Gasteiger partial charge in [-0.2, -0.15) is 36.5 Å². The second kappa shape index (κ2) is 31.0. The average molecular weight is 1510 g/mol. The maximum absolute atomic E-state index is 2.38. The largest absolute Gasteiger partial charge is 0.277 e. The summed E-state index contributed by atoms with van der Waals surface area (Å²) in [6.45, 7) is 17.6. The van der Waals surface area contributed by atoms with Gasteiger partial charge in [0.25, 0.3) is 45.6 Å². The number of rotatable bonds is 8. The Labute approximate surface area is 685 Å². The summed E-state index contributed by atoms with van der Waals surface area (Å²) in [5.41, 5.74) is 52.7. The molecule has 8 heteroatoms. The van der Waals surface area contributed by atoms with Gasteiger partial charge in [0.1, 0.15) is 56.4 Å². The Morgan fingerprint density at radius 1 is 0.172 bits per heavy atom. The molecule has 0 radical (unpaired) electrons. The van der Waals surface area contributed by atoms with E-state index in [0.29, 0.717) is 0 Å². The van der Waals surface area contributed by atoms with E-state index in [1.54, 1.807) is 0 Å². The van der Waals surface area contributed by atoms with E-state index < -0.39 is 0 Å². The number of benzene rings is 8. The van der Waals surface area contributed by atoms with Gasteiger partial charge < -0.3 is 0 Å². The van der Waals surface area contributed by atoms with E-state index in [1.165, 1.54) is 225 Å². The summed E-state index contributed by atoms with van der Waals surface area (Å²) in [6, 6.07) is 106. The lowest BCUT2D eigenvalue weighted by Gasteiger charge is -2.11. The molecule has 0 atom stereocenters. The molecule has 4 aliphatic carbocycles. The van der Waals surface area contributed by atoms with Crippen LogP contribution in [-0.2, 0) is 82.1 Å². The summed E-state index contributed by atoms with van der Waals surface area (Å²) in [5, 5.41) is 0. The van der Waals surface area contributed by atoms with Crippen LogP contribution >= 0.6 is 0 Å². The van der Waals surface area contributed by atoms with Crippen molar-refractivity contribution in [1.82, 2.24) is 0 Å². The predicted molar refractivity (Wildman–Crippen MR) is 470 cm³/mol. The van der Waals surface area contributed by atoms with Gasteiger partial charge in [0.15, 0.2) is 11.4 Å². The molecule has 116 heavy (non-hydrogen) atoms. The highest BCUT2D eigenvalue weighted by Crippen LogP contribution is 2.41. The molecule has 8 aromatic heterocycles. The van der Waals surface area contributed by atoms with Gasteiger partial charge in [-0.25, -0.2) is 0 Å². The number of aromatic nitrogens is 8. The molecule has 16 aromatic rings. The highest BCUT2D eigenvalue weighted by Gasteiger charge is 2.37. The van der Waals surface area contributed by atoms with Gasteiger partial charge in [-0.05, 0) is 207 Å². The van der Waals surface area contributed by atoms with Gasteiger partial charge in [0, 0.05) is 141 Å². The molecule has 4 aliphatic rings. The molecular formula is C108H104N8+8. The van der Waals surface area contributed by atoms with Crippen LogP contribution in [0.25, 0.3) is 135 Å². The quantitative estimate of drug-likeness (QED) is 0.136. The number of nitrogens with zero attached hydrogens (tertiary/aromatic N) is 8. The fourth-order valence-electron chi connectivity index (χ4n) is 19.0. The van der Waals surface area contributed by atoms with Gasteiger partial charge >= 0.3 is 0 Å². The Morgan fingerprint density at radius 2 is 0.440 bits per heavy atom. The standard InChI is InChI=1S/2C28H28N2.2C26H24N2/c1-18-15-19(2)20(3)24(16-18)25-11-8-12-26(29(25)4)27-14-13-22-17-21-9-6-7-10-23(21)28(22)30(27)5;1-18-15-19(2)20(3)24(16-18)25-11-8-12-26(29(25)4)27-14-13-23-22-10-7-6-9-21(22)17-28(23)30(27)5;1-18-9-4-6-11-21(18)23-13-8-14-24(27(23)2)25-16-15-20-17-19-10-5-7-12-22(19)26(20)28(25)3;1-18-9-4-6-11-20(18)23-13-8-14-24(27(23)2)25-16-15-22-21-12-7-5-10-19(21)17-26(22)28(25)3/h2*6-16H,17H2,1-5H3;2*4-16H,17H2,1-3H3/q4*+2. The first-order valence-electron chi connectivity index (χ1n) is 40.9. The van der Waals surface area contributed by atoms with Gasteiger partial charge in [-0.3, -0.25) is 0 Å².